The van der Waals surface area contributed by atoms with Crippen molar-refractivity contribution in [2.45, 2.75) is 18.9 Å². The first-order chi connectivity index (χ1) is 8.61. The second kappa shape index (κ2) is 5.22. The summed E-state index contributed by atoms with van der Waals surface area (Å²) in [5, 5.41) is 8.77. The van der Waals surface area contributed by atoms with Gasteiger partial charge in [-0.15, -0.1) is 0 Å². The third kappa shape index (κ3) is 2.53. The second-order valence-electron chi connectivity index (χ2n) is 4.26. The summed E-state index contributed by atoms with van der Waals surface area (Å²) in [5.41, 5.74) is -0.0151. The first kappa shape index (κ1) is 12.6. The van der Waals surface area contributed by atoms with E-state index in [-0.39, 0.29) is 23.3 Å². The number of carboxylic acid groups (broad SMARTS) is 1. The molecule has 0 bridgehead atoms. The van der Waals surface area contributed by atoms with Crippen LogP contribution in [0.25, 0.3) is 0 Å². The van der Waals surface area contributed by atoms with Crippen molar-refractivity contribution in [2.24, 2.45) is 0 Å². The molecule has 1 aromatic heterocycles. The Morgan fingerprint density at radius 2 is 2.33 bits per heavy atom. The maximum absolute atomic E-state index is 12.1. The van der Waals surface area contributed by atoms with Crippen LogP contribution in [0.1, 0.15) is 33.8 Å². The molecule has 1 aliphatic rings. The monoisotopic (exact) mass is 253 g/mol. The highest BCUT2D eigenvalue weighted by molar-refractivity contribution is 5.95. The van der Waals surface area contributed by atoms with Crippen molar-refractivity contribution in [3.8, 4) is 0 Å². The highest BCUT2D eigenvalue weighted by atomic mass is 16.5. The smallest absolute Gasteiger partial charge is 0.338 e. The third-order valence-corrected chi connectivity index (χ3v) is 3.06. The fourth-order valence-electron chi connectivity index (χ4n) is 2.03. The first-order valence-corrected chi connectivity index (χ1v) is 5.75. The van der Waals surface area contributed by atoms with Crippen molar-refractivity contribution >= 4 is 11.9 Å². The number of hydrogen-bond acceptors (Lipinski definition) is 4. The molecule has 18 heavy (non-hydrogen) atoms. The highest BCUT2D eigenvalue weighted by Gasteiger charge is 2.26. The molecule has 1 atom stereocenters. The van der Waals surface area contributed by atoms with Crippen LogP contribution >= 0.6 is 0 Å². The predicted molar refractivity (Wildman–Crippen MR) is 61.6 cm³/mol. The molecule has 2 rings (SSSR count). The minimum absolute atomic E-state index is 0.0151. The summed E-state index contributed by atoms with van der Waals surface area (Å²) in [4.78, 5) is 24.4. The number of likely N-dealkylation sites (tertiary alicyclic amines) is 1. The van der Waals surface area contributed by atoms with Gasteiger partial charge in [0, 0.05) is 26.3 Å². The molecule has 2 heterocycles. The third-order valence-electron chi connectivity index (χ3n) is 3.06. The predicted octanol–water partition coefficient (Wildman–Crippen LogP) is 1.23. The Hall–Kier alpha value is -1.82. The molecule has 0 aromatic carbocycles. The lowest BCUT2D eigenvalue weighted by Crippen LogP contribution is -2.42. The van der Waals surface area contributed by atoms with Gasteiger partial charge in [0.15, 0.2) is 5.76 Å². The van der Waals surface area contributed by atoms with Gasteiger partial charge in [-0.1, -0.05) is 0 Å². The zero-order chi connectivity index (χ0) is 13.1. The van der Waals surface area contributed by atoms with Crippen molar-refractivity contribution in [1.82, 2.24) is 4.90 Å². The molecule has 1 aromatic rings. The highest BCUT2D eigenvalue weighted by Crippen LogP contribution is 2.17. The number of ether oxygens (including phenoxy) is 1. The summed E-state index contributed by atoms with van der Waals surface area (Å²) in [6, 6.07) is 1.25. The van der Waals surface area contributed by atoms with Crippen LogP contribution in [0.3, 0.4) is 0 Å². The zero-order valence-corrected chi connectivity index (χ0v) is 10.1. The molecule has 0 radical (unpaired) electrons. The zero-order valence-electron chi connectivity index (χ0n) is 10.1. The molecule has 0 saturated carbocycles. The summed E-state index contributed by atoms with van der Waals surface area (Å²) in [5.74, 6) is -1.33. The van der Waals surface area contributed by atoms with Crippen molar-refractivity contribution in [1.29, 1.82) is 0 Å². The summed E-state index contributed by atoms with van der Waals surface area (Å²) < 4.78 is 10.2. The average molecular weight is 253 g/mol. The number of carbonyl (C=O) groups excluding carboxylic acids is 1. The van der Waals surface area contributed by atoms with Crippen LogP contribution in [-0.2, 0) is 4.74 Å². The summed E-state index contributed by atoms with van der Waals surface area (Å²) >= 11 is 0. The Balaban J connectivity index is 2.07. The van der Waals surface area contributed by atoms with E-state index < -0.39 is 5.97 Å². The van der Waals surface area contributed by atoms with Crippen LogP contribution in [0.15, 0.2) is 16.7 Å². The number of rotatable bonds is 3. The molecule has 0 spiro atoms. The van der Waals surface area contributed by atoms with E-state index >= 15 is 0 Å². The maximum Gasteiger partial charge on any atom is 0.338 e. The quantitative estimate of drug-likeness (QED) is 0.876. The van der Waals surface area contributed by atoms with E-state index in [1.807, 2.05) is 0 Å². The Morgan fingerprint density at radius 1 is 1.56 bits per heavy atom. The minimum atomic E-state index is -1.11. The molecular formula is C12H15NO5. The number of nitrogens with zero attached hydrogens (tertiary/aromatic N) is 1. The summed E-state index contributed by atoms with van der Waals surface area (Å²) in [7, 11) is 1.62. The average Bonchev–Trinajstić information content (AvgIpc) is 2.87. The fourth-order valence-corrected chi connectivity index (χ4v) is 2.03. The van der Waals surface area contributed by atoms with Gasteiger partial charge in [0.1, 0.15) is 6.26 Å². The van der Waals surface area contributed by atoms with Crippen molar-refractivity contribution in [3.05, 3.63) is 23.7 Å². The van der Waals surface area contributed by atoms with Gasteiger partial charge in [-0.25, -0.2) is 4.79 Å². The van der Waals surface area contributed by atoms with Crippen LogP contribution in [0, 0.1) is 0 Å². The fraction of sp³-hybridized carbons (Fsp3) is 0.500. The van der Waals surface area contributed by atoms with Crippen LogP contribution in [-0.4, -0.2) is 48.2 Å². The van der Waals surface area contributed by atoms with E-state index in [9.17, 15) is 9.59 Å². The van der Waals surface area contributed by atoms with Crippen molar-refractivity contribution in [3.63, 3.8) is 0 Å². The molecule has 1 amide bonds. The molecule has 98 valence electrons. The van der Waals surface area contributed by atoms with Gasteiger partial charge in [-0.05, 0) is 12.8 Å². The standard InChI is InChI=1S/C12H15NO5/c1-17-9-3-2-4-13(6-9)11(14)10-5-8(7-18-10)12(15)16/h5,7,9H,2-4,6H2,1H3,(H,15,16). The van der Waals surface area contributed by atoms with Gasteiger partial charge >= 0.3 is 5.97 Å². The Labute approximate surface area is 104 Å². The SMILES string of the molecule is COC1CCCN(C(=O)c2cc(C(=O)O)co2)C1. The molecular weight excluding hydrogens is 238 g/mol. The molecule has 1 fully saturated rings. The number of carboxylic acids is 1. The molecule has 1 aliphatic heterocycles. The van der Waals surface area contributed by atoms with E-state index in [1.54, 1.807) is 12.0 Å². The van der Waals surface area contributed by atoms with Crippen LogP contribution in [0.5, 0.6) is 0 Å². The summed E-state index contributed by atoms with van der Waals surface area (Å²) in [6.07, 6.45) is 2.92. The number of furan rings is 1. The van der Waals surface area contributed by atoms with Gasteiger partial charge in [-0.2, -0.15) is 0 Å². The lowest BCUT2D eigenvalue weighted by Gasteiger charge is -2.31. The van der Waals surface area contributed by atoms with Crippen molar-refractivity contribution in [2.75, 3.05) is 20.2 Å². The Bertz CT molecular complexity index is 453. The van der Waals surface area contributed by atoms with Gasteiger partial charge in [0.25, 0.3) is 5.91 Å². The first-order valence-electron chi connectivity index (χ1n) is 5.75. The van der Waals surface area contributed by atoms with Gasteiger partial charge < -0.3 is 19.2 Å². The van der Waals surface area contributed by atoms with E-state index in [2.05, 4.69) is 0 Å². The van der Waals surface area contributed by atoms with Crippen LogP contribution < -0.4 is 0 Å². The van der Waals surface area contributed by atoms with E-state index in [1.165, 1.54) is 6.07 Å². The molecule has 1 N–H and O–H groups in total. The normalized spacial score (nSPS) is 19.8. The Morgan fingerprint density at radius 3 is 2.94 bits per heavy atom. The van der Waals surface area contributed by atoms with Crippen LogP contribution in [0.4, 0.5) is 0 Å². The molecule has 1 unspecified atom stereocenters. The van der Waals surface area contributed by atoms with Gasteiger partial charge in [0.2, 0.25) is 0 Å². The lowest BCUT2D eigenvalue weighted by molar-refractivity contribution is 0.0252. The van der Waals surface area contributed by atoms with Crippen molar-refractivity contribution < 1.29 is 23.8 Å². The number of carbonyl (C=O) groups is 2. The topological polar surface area (TPSA) is 80.0 Å². The minimum Gasteiger partial charge on any atom is -0.478 e. The number of hydrogen-bond donors (Lipinski definition) is 1. The van der Waals surface area contributed by atoms with Gasteiger partial charge in [0.05, 0.1) is 11.7 Å². The lowest BCUT2D eigenvalue weighted by atomic mass is 10.1. The second-order valence-corrected chi connectivity index (χ2v) is 4.26. The van der Waals surface area contributed by atoms with Gasteiger partial charge in [-0.3, -0.25) is 4.79 Å². The van der Waals surface area contributed by atoms with E-state index in [0.717, 1.165) is 19.1 Å². The van der Waals surface area contributed by atoms with E-state index in [4.69, 9.17) is 14.3 Å². The molecule has 6 nitrogen and oxygen atoms in total. The summed E-state index contributed by atoms with van der Waals surface area (Å²) in [6.45, 7) is 1.15. The largest absolute Gasteiger partial charge is 0.478 e. The maximum atomic E-state index is 12.1. The number of methoxy groups -OCH3 is 1. The molecule has 0 aliphatic carbocycles. The van der Waals surface area contributed by atoms with Crippen LogP contribution in [0.2, 0.25) is 0 Å². The molecule has 1 saturated heterocycles. The number of aromatic carboxylic acids is 1. The number of piperidine rings is 1. The van der Waals surface area contributed by atoms with E-state index in [0.29, 0.717) is 13.1 Å². The molecule has 6 heteroatoms. The Kier molecular flexibility index (Phi) is 3.66. The number of amides is 1.